The third-order valence-corrected chi connectivity index (χ3v) is 2.75. The molecular weight excluding hydrogens is 256 g/mol. The molecule has 0 aliphatic carbocycles. The second-order valence-electron chi connectivity index (χ2n) is 4.27. The highest BCUT2D eigenvalue weighted by molar-refractivity contribution is 5.75. The fraction of sp³-hybridized carbons (Fsp3) is 0.200. The molecule has 1 heterocycles. The zero-order valence-electron chi connectivity index (χ0n) is 11.2. The lowest BCUT2D eigenvalue weighted by atomic mass is 10.1. The lowest BCUT2D eigenvalue weighted by Crippen LogP contribution is -2.33. The number of benzene rings is 1. The fourth-order valence-electron chi connectivity index (χ4n) is 1.73. The monoisotopic (exact) mass is 272 g/mol. The van der Waals surface area contributed by atoms with Crippen LogP contribution in [0.1, 0.15) is 5.56 Å². The van der Waals surface area contributed by atoms with Crippen molar-refractivity contribution in [1.29, 1.82) is 0 Å². The maximum atomic E-state index is 11.2. The first-order valence-electron chi connectivity index (χ1n) is 6.19. The number of carbonyl (C=O) groups is 1. The van der Waals surface area contributed by atoms with Crippen molar-refractivity contribution in [3.8, 4) is 11.5 Å². The number of nitrogens with zero attached hydrogens (tertiary/aromatic N) is 1. The molecule has 104 valence electrons. The molecule has 0 aliphatic heterocycles. The minimum Gasteiger partial charge on any atom is -0.468 e. The van der Waals surface area contributed by atoms with Gasteiger partial charge in [-0.3, -0.25) is 9.78 Å². The maximum absolute atomic E-state index is 11.2. The van der Waals surface area contributed by atoms with Gasteiger partial charge in [-0.2, -0.15) is 0 Å². The normalized spacial score (nSPS) is 11.7. The average Bonchev–Trinajstić information content (AvgIpc) is 2.49. The van der Waals surface area contributed by atoms with Crippen LogP contribution in [-0.2, 0) is 16.0 Å². The number of ether oxygens (including phenoxy) is 2. The van der Waals surface area contributed by atoms with E-state index >= 15 is 0 Å². The molecule has 0 spiro atoms. The van der Waals surface area contributed by atoms with Crippen LogP contribution < -0.4 is 10.5 Å². The van der Waals surface area contributed by atoms with E-state index in [-0.39, 0.29) is 0 Å². The van der Waals surface area contributed by atoms with Gasteiger partial charge in [0.05, 0.1) is 13.3 Å². The van der Waals surface area contributed by atoms with Crippen LogP contribution in [0.3, 0.4) is 0 Å². The van der Waals surface area contributed by atoms with Gasteiger partial charge in [0.1, 0.15) is 17.5 Å². The summed E-state index contributed by atoms with van der Waals surface area (Å²) in [6.45, 7) is 0. The summed E-state index contributed by atoms with van der Waals surface area (Å²) in [4.78, 5) is 15.2. The molecule has 0 saturated carbocycles. The van der Waals surface area contributed by atoms with E-state index in [2.05, 4.69) is 9.72 Å². The van der Waals surface area contributed by atoms with Crippen LogP contribution in [-0.4, -0.2) is 24.1 Å². The third-order valence-electron chi connectivity index (χ3n) is 2.75. The molecule has 20 heavy (non-hydrogen) atoms. The topological polar surface area (TPSA) is 74.4 Å². The van der Waals surface area contributed by atoms with Gasteiger partial charge in [-0.15, -0.1) is 0 Å². The number of hydrogen-bond donors (Lipinski definition) is 1. The molecule has 0 aliphatic rings. The van der Waals surface area contributed by atoms with Gasteiger partial charge in [0.25, 0.3) is 0 Å². The van der Waals surface area contributed by atoms with Crippen LogP contribution >= 0.6 is 0 Å². The first-order valence-corrected chi connectivity index (χ1v) is 6.19. The van der Waals surface area contributed by atoms with Crippen molar-refractivity contribution in [2.45, 2.75) is 12.5 Å². The number of carbonyl (C=O) groups excluding carboxylic acids is 1. The highest BCUT2D eigenvalue weighted by Crippen LogP contribution is 2.20. The molecule has 0 fully saturated rings. The van der Waals surface area contributed by atoms with E-state index in [1.165, 1.54) is 7.11 Å². The molecule has 2 N–H and O–H groups in total. The second-order valence-corrected chi connectivity index (χ2v) is 4.27. The summed E-state index contributed by atoms with van der Waals surface area (Å²) in [5.41, 5.74) is 6.65. The highest BCUT2D eigenvalue weighted by Gasteiger charge is 2.14. The molecule has 0 bridgehead atoms. The molecule has 2 rings (SSSR count). The van der Waals surface area contributed by atoms with Gasteiger partial charge in [-0.1, -0.05) is 12.1 Å². The van der Waals surface area contributed by atoms with E-state index in [1.54, 1.807) is 18.5 Å². The van der Waals surface area contributed by atoms with Crippen LogP contribution in [0.15, 0.2) is 48.8 Å². The molecule has 1 unspecified atom stereocenters. The van der Waals surface area contributed by atoms with Crippen molar-refractivity contribution in [1.82, 2.24) is 4.98 Å². The Labute approximate surface area is 117 Å². The van der Waals surface area contributed by atoms with Gasteiger partial charge in [0, 0.05) is 6.20 Å². The molecule has 1 aromatic heterocycles. The zero-order chi connectivity index (χ0) is 14.4. The number of aromatic nitrogens is 1. The zero-order valence-corrected chi connectivity index (χ0v) is 11.2. The van der Waals surface area contributed by atoms with Crippen molar-refractivity contribution in [3.63, 3.8) is 0 Å². The Bertz CT molecular complexity index is 555. The summed E-state index contributed by atoms with van der Waals surface area (Å²) in [5, 5.41) is 0. The fourth-order valence-corrected chi connectivity index (χ4v) is 1.73. The van der Waals surface area contributed by atoms with Gasteiger partial charge in [0.15, 0.2) is 0 Å². The van der Waals surface area contributed by atoms with Crippen molar-refractivity contribution in [2.75, 3.05) is 7.11 Å². The van der Waals surface area contributed by atoms with Crippen molar-refractivity contribution in [2.24, 2.45) is 5.73 Å². The Morgan fingerprint density at radius 3 is 2.60 bits per heavy atom. The predicted octanol–water partition coefficient (Wildman–Crippen LogP) is 1.92. The van der Waals surface area contributed by atoms with Crippen LogP contribution in [0.4, 0.5) is 0 Å². The van der Waals surface area contributed by atoms with E-state index in [9.17, 15) is 4.79 Å². The van der Waals surface area contributed by atoms with Crippen LogP contribution in [0.25, 0.3) is 0 Å². The molecule has 2 aromatic rings. The number of pyridine rings is 1. The second kappa shape index (κ2) is 6.68. The highest BCUT2D eigenvalue weighted by atomic mass is 16.5. The standard InChI is InChI=1S/C15H16N2O3/c1-19-15(18)14(16)9-11-4-6-12(7-5-11)20-13-3-2-8-17-10-13/h2-8,10,14H,9,16H2,1H3. The van der Waals surface area contributed by atoms with E-state index in [0.717, 1.165) is 5.56 Å². The Morgan fingerprint density at radius 1 is 1.25 bits per heavy atom. The quantitative estimate of drug-likeness (QED) is 0.842. The van der Waals surface area contributed by atoms with Crippen molar-refractivity contribution >= 4 is 5.97 Å². The van der Waals surface area contributed by atoms with Gasteiger partial charge >= 0.3 is 5.97 Å². The molecule has 5 heteroatoms. The minimum atomic E-state index is -0.648. The summed E-state index contributed by atoms with van der Waals surface area (Å²) in [6, 6.07) is 10.4. The Balaban J connectivity index is 1.98. The Morgan fingerprint density at radius 2 is 2.00 bits per heavy atom. The SMILES string of the molecule is COC(=O)C(N)Cc1ccc(Oc2cccnc2)cc1. The number of hydrogen-bond acceptors (Lipinski definition) is 5. The molecule has 0 saturated heterocycles. The summed E-state index contributed by atoms with van der Waals surface area (Å²) in [5.74, 6) is 0.959. The van der Waals surface area contributed by atoms with Crippen molar-refractivity contribution < 1.29 is 14.3 Å². The summed E-state index contributed by atoms with van der Waals surface area (Å²) in [6.07, 6.45) is 3.76. The number of methoxy groups -OCH3 is 1. The molecule has 0 amide bonds. The number of rotatable bonds is 5. The maximum Gasteiger partial charge on any atom is 0.322 e. The van der Waals surface area contributed by atoms with Crippen LogP contribution in [0, 0.1) is 0 Å². The largest absolute Gasteiger partial charge is 0.468 e. The van der Waals surface area contributed by atoms with Gasteiger partial charge in [-0.05, 0) is 36.2 Å². The summed E-state index contributed by atoms with van der Waals surface area (Å²) in [7, 11) is 1.33. The first-order chi connectivity index (χ1) is 9.69. The summed E-state index contributed by atoms with van der Waals surface area (Å²) < 4.78 is 10.2. The smallest absolute Gasteiger partial charge is 0.322 e. The van der Waals surface area contributed by atoms with Gasteiger partial charge in [0.2, 0.25) is 0 Å². The Hall–Kier alpha value is -2.40. The van der Waals surface area contributed by atoms with Crippen LogP contribution in [0.5, 0.6) is 11.5 Å². The lowest BCUT2D eigenvalue weighted by molar-refractivity contribution is -0.142. The molecular formula is C15H16N2O3. The lowest BCUT2D eigenvalue weighted by Gasteiger charge is -2.10. The number of esters is 1. The van der Waals surface area contributed by atoms with E-state index in [4.69, 9.17) is 10.5 Å². The van der Waals surface area contributed by atoms with E-state index in [0.29, 0.717) is 17.9 Å². The minimum absolute atomic E-state index is 0.416. The first kappa shape index (κ1) is 14.0. The number of nitrogens with two attached hydrogens (primary N) is 1. The molecule has 1 aromatic carbocycles. The predicted molar refractivity (Wildman–Crippen MR) is 74.4 cm³/mol. The average molecular weight is 272 g/mol. The molecule has 0 radical (unpaired) electrons. The third kappa shape index (κ3) is 3.80. The molecule has 1 atom stereocenters. The summed E-state index contributed by atoms with van der Waals surface area (Å²) >= 11 is 0. The Kier molecular flexibility index (Phi) is 4.68. The van der Waals surface area contributed by atoms with Gasteiger partial charge < -0.3 is 15.2 Å². The van der Waals surface area contributed by atoms with Crippen LogP contribution in [0.2, 0.25) is 0 Å². The molecule has 5 nitrogen and oxygen atoms in total. The van der Waals surface area contributed by atoms with Crippen molar-refractivity contribution in [3.05, 3.63) is 54.4 Å². The van der Waals surface area contributed by atoms with E-state index < -0.39 is 12.0 Å². The van der Waals surface area contributed by atoms with Gasteiger partial charge in [-0.25, -0.2) is 0 Å². The van der Waals surface area contributed by atoms with E-state index in [1.807, 2.05) is 30.3 Å².